The third-order valence-electron chi connectivity index (χ3n) is 5.72. The first-order valence-electron chi connectivity index (χ1n) is 7.63. The Bertz CT molecular complexity index is 411. The lowest BCUT2D eigenvalue weighted by atomic mass is 9.65. The molecule has 2 fully saturated rings. The van der Waals surface area contributed by atoms with E-state index < -0.39 is 0 Å². The summed E-state index contributed by atoms with van der Waals surface area (Å²) in [5.74, 6) is 2.52. The van der Waals surface area contributed by atoms with Crippen molar-refractivity contribution in [2.75, 3.05) is 6.54 Å². The second-order valence-corrected chi connectivity index (χ2v) is 6.58. The van der Waals surface area contributed by atoms with Crippen LogP contribution in [0.25, 0.3) is 0 Å². The maximum absolute atomic E-state index is 9.82. The van der Waals surface area contributed by atoms with E-state index in [-0.39, 0.29) is 6.10 Å². The van der Waals surface area contributed by atoms with Gasteiger partial charge in [0.25, 0.3) is 0 Å². The quantitative estimate of drug-likeness (QED) is 0.642. The van der Waals surface area contributed by atoms with Crippen molar-refractivity contribution < 1.29 is 5.11 Å². The molecule has 5 unspecified atom stereocenters. The highest BCUT2D eigenvalue weighted by Gasteiger charge is 2.42. The summed E-state index contributed by atoms with van der Waals surface area (Å²) in [7, 11) is 0. The van der Waals surface area contributed by atoms with Crippen molar-refractivity contribution in [2.45, 2.75) is 50.7 Å². The fraction of sp³-hybridized carbons (Fsp3) is 0.750. The minimum atomic E-state index is -0.0760. The van der Waals surface area contributed by atoms with Crippen LogP contribution in [0.3, 0.4) is 0 Å². The van der Waals surface area contributed by atoms with Gasteiger partial charge in [-0.3, -0.25) is 0 Å². The molecule has 2 N–H and O–H groups in total. The van der Waals surface area contributed by atoms with Gasteiger partial charge in [0.1, 0.15) is 0 Å². The lowest BCUT2D eigenvalue weighted by Gasteiger charge is -2.45. The average molecular weight is 245 g/mol. The van der Waals surface area contributed by atoms with Gasteiger partial charge in [-0.1, -0.05) is 23.3 Å². The smallest absolute Gasteiger partial charge is 0.0561 e. The Morgan fingerprint density at radius 1 is 1.17 bits per heavy atom. The average Bonchev–Trinajstić information content (AvgIpc) is 2.86. The Hall–Kier alpha value is -0.600. The zero-order valence-corrected chi connectivity index (χ0v) is 10.9. The summed E-state index contributed by atoms with van der Waals surface area (Å²) in [5.41, 5.74) is 3.47. The van der Waals surface area contributed by atoms with Crippen LogP contribution in [0, 0.1) is 17.8 Å². The first-order chi connectivity index (χ1) is 8.83. The van der Waals surface area contributed by atoms with Gasteiger partial charge in [0, 0.05) is 12.6 Å². The molecule has 4 rings (SSSR count). The molecule has 0 radical (unpaired) electrons. The molecule has 18 heavy (non-hydrogen) atoms. The Morgan fingerprint density at radius 2 is 2.06 bits per heavy atom. The van der Waals surface area contributed by atoms with E-state index in [1.165, 1.54) is 19.3 Å². The number of aliphatic hydroxyl groups is 1. The van der Waals surface area contributed by atoms with Crippen molar-refractivity contribution in [3.05, 3.63) is 23.3 Å². The highest BCUT2D eigenvalue weighted by Crippen LogP contribution is 2.48. The number of aliphatic hydroxyl groups excluding tert-OH is 1. The standard InChI is InChI=1S/C16H23NO/c18-11-5-7-14-13-6-4-10-2-1-3-12(10)15(13)9-17-16(14)8-11/h1-2,10-12,15-18H,3-9H2. The zero-order chi connectivity index (χ0) is 12.1. The molecular weight excluding hydrogens is 222 g/mol. The number of hydrogen-bond acceptors (Lipinski definition) is 2. The number of rotatable bonds is 0. The molecule has 3 aliphatic carbocycles. The Morgan fingerprint density at radius 3 is 3.00 bits per heavy atom. The number of hydrogen-bond donors (Lipinski definition) is 2. The van der Waals surface area contributed by atoms with Gasteiger partial charge in [-0.15, -0.1) is 0 Å². The molecule has 0 saturated heterocycles. The molecule has 0 bridgehead atoms. The molecule has 2 saturated carbocycles. The van der Waals surface area contributed by atoms with Crippen LogP contribution in [-0.2, 0) is 0 Å². The van der Waals surface area contributed by atoms with E-state index in [9.17, 15) is 5.11 Å². The van der Waals surface area contributed by atoms with E-state index >= 15 is 0 Å². The second-order valence-electron chi connectivity index (χ2n) is 6.58. The van der Waals surface area contributed by atoms with Crippen molar-refractivity contribution in [3.63, 3.8) is 0 Å². The van der Waals surface area contributed by atoms with Crippen LogP contribution >= 0.6 is 0 Å². The normalized spacial score (nSPS) is 46.6. The van der Waals surface area contributed by atoms with E-state index in [4.69, 9.17) is 0 Å². The largest absolute Gasteiger partial charge is 0.393 e. The summed E-state index contributed by atoms with van der Waals surface area (Å²) in [6.45, 7) is 1.15. The summed E-state index contributed by atoms with van der Waals surface area (Å²) in [4.78, 5) is 0. The van der Waals surface area contributed by atoms with Gasteiger partial charge in [0.2, 0.25) is 0 Å². The van der Waals surface area contributed by atoms with Gasteiger partial charge in [-0.2, -0.15) is 0 Å². The topological polar surface area (TPSA) is 32.3 Å². The van der Waals surface area contributed by atoms with Crippen LogP contribution in [0.5, 0.6) is 0 Å². The number of allylic oxidation sites excluding steroid dienone is 2. The van der Waals surface area contributed by atoms with Crippen LogP contribution in [0.1, 0.15) is 38.5 Å². The molecule has 1 heterocycles. The van der Waals surface area contributed by atoms with E-state index in [0.29, 0.717) is 6.04 Å². The first-order valence-corrected chi connectivity index (χ1v) is 7.63. The molecule has 0 spiro atoms. The van der Waals surface area contributed by atoms with Gasteiger partial charge < -0.3 is 10.4 Å². The molecule has 0 amide bonds. The number of fused-ring (bicyclic) bond motifs is 4. The Labute approximate surface area is 109 Å². The Balaban J connectivity index is 1.65. The second kappa shape index (κ2) is 4.21. The maximum atomic E-state index is 9.82. The molecule has 0 aromatic heterocycles. The van der Waals surface area contributed by atoms with Crippen LogP contribution in [0.2, 0.25) is 0 Å². The molecule has 5 atom stereocenters. The van der Waals surface area contributed by atoms with Gasteiger partial charge in [0.15, 0.2) is 0 Å². The molecule has 2 nitrogen and oxygen atoms in total. The lowest BCUT2D eigenvalue weighted by Crippen LogP contribution is -2.48. The van der Waals surface area contributed by atoms with Crippen molar-refractivity contribution in [2.24, 2.45) is 17.8 Å². The third-order valence-corrected chi connectivity index (χ3v) is 5.72. The van der Waals surface area contributed by atoms with E-state index in [2.05, 4.69) is 17.5 Å². The van der Waals surface area contributed by atoms with E-state index in [1.807, 2.05) is 0 Å². The summed E-state index contributed by atoms with van der Waals surface area (Å²) < 4.78 is 0. The molecule has 4 aliphatic rings. The van der Waals surface area contributed by atoms with E-state index in [1.54, 1.807) is 11.1 Å². The van der Waals surface area contributed by atoms with Crippen molar-refractivity contribution in [3.8, 4) is 0 Å². The van der Waals surface area contributed by atoms with Crippen molar-refractivity contribution in [1.82, 2.24) is 5.32 Å². The minimum Gasteiger partial charge on any atom is -0.393 e. The minimum absolute atomic E-state index is 0.0760. The molecule has 98 valence electrons. The first kappa shape index (κ1) is 11.2. The SMILES string of the molecule is OC1CCC2=C3CCC4C=CCC4C3CNC2C1. The summed E-state index contributed by atoms with van der Waals surface area (Å²) in [5, 5.41) is 13.5. The molecule has 2 heteroatoms. The lowest BCUT2D eigenvalue weighted by molar-refractivity contribution is 0.119. The fourth-order valence-electron chi connectivity index (χ4n) is 4.83. The summed E-state index contributed by atoms with van der Waals surface area (Å²) >= 11 is 0. The molecule has 0 aromatic rings. The third kappa shape index (κ3) is 1.62. The fourth-order valence-corrected chi connectivity index (χ4v) is 4.83. The van der Waals surface area contributed by atoms with Crippen molar-refractivity contribution in [1.29, 1.82) is 0 Å². The van der Waals surface area contributed by atoms with Crippen LogP contribution in [-0.4, -0.2) is 23.8 Å². The van der Waals surface area contributed by atoms with Gasteiger partial charge in [-0.05, 0) is 56.3 Å². The monoisotopic (exact) mass is 245 g/mol. The van der Waals surface area contributed by atoms with Crippen molar-refractivity contribution >= 4 is 0 Å². The predicted octanol–water partition coefficient (Wildman–Crippen LogP) is 2.40. The van der Waals surface area contributed by atoms with E-state index in [0.717, 1.165) is 43.6 Å². The van der Waals surface area contributed by atoms with Crippen LogP contribution in [0.15, 0.2) is 23.3 Å². The van der Waals surface area contributed by atoms with Gasteiger partial charge in [0.05, 0.1) is 6.10 Å². The Kier molecular flexibility index (Phi) is 2.63. The number of nitrogens with one attached hydrogen (secondary N) is 1. The van der Waals surface area contributed by atoms with Gasteiger partial charge >= 0.3 is 0 Å². The highest BCUT2D eigenvalue weighted by atomic mass is 16.3. The summed E-state index contributed by atoms with van der Waals surface area (Å²) in [6.07, 6.45) is 11.8. The highest BCUT2D eigenvalue weighted by molar-refractivity contribution is 5.31. The molecule has 0 aromatic carbocycles. The zero-order valence-electron chi connectivity index (χ0n) is 10.9. The van der Waals surface area contributed by atoms with Crippen LogP contribution in [0.4, 0.5) is 0 Å². The summed E-state index contributed by atoms with van der Waals surface area (Å²) in [6, 6.07) is 0.492. The van der Waals surface area contributed by atoms with Crippen LogP contribution < -0.4 is 5.32 Å². The van der Waals surface area contributed by atoms with Gasteiger partial charge in [-0.25, -0.2) is 0 Å². The maximum Gasteiger partial charge on any atom is 0.0561 e. The predicted molar refractivity (Wildman–Crippen MR) is 72.1 cm³/mol. The molecular formula is C16H23NO. The molecule has 1 aliphatic heterocycles.